The Kier molecular flexibility index (Phi) is 10.8. The van der Waals surface area contributed by atoms with Crippen LogP contribution in [0, 0.1) is 17.3 Å². The van der Waals surface area contributed by atoms with Crippen LogP contribution in [0.4, 0.5) is 0 Å². The number of ketones is 1. The van der Waals surface area contributed by atoms with Crippen LogP contribution < -0.4 is 5.73 Å². The largest absolute Gasteiger partial charge is 0.457 e. The summed E-state index contributed by atoms with van der Waals surface area (Å²) in [6.45, 7) is 11.2. The van der Waals surface area contributed by atoms with Gasteiger partial charge in [-0.3, -0.25) is 9.59 Å². The topological polar surface area (TPSA) is 123 Å². The summed E-state index contributed by atoms with van der Waals surface area (Å²) in [6, 6.07) is 0. The molecule has 4 N–H and O–H groups in total. The number of nitrogens with zero attached hydrogens (tertiary/aromatic N) is 1. The lowest BCUT2D eigenvalue weighted by atomic mass is 9.73. The molecule has 0 fully saturated rings. The van der Waals surface area contributed by atoms with Crippen molar-refractivity contribution >= 4 is 29.2 Å². The number of nitrogens with two attached hydrogens (primary N) is 1. The van der Waals surface area contributed by atoms with Gasteiger partial charge in [0.2, 0.25) is 0 Å². The summed E-state index contributed by atoms with van der Waals surface area (Å²) in [5, 5.41) is 24.4. The molecule has 5 atom stereocenters. The third kappa shape index (κ3) is 8.07. The summed E-state index contributed by atoms with van der Waals surface area (Å²) in [5.41, 5.74) is 7.26. The van der Waals surface area contributed by atoms with E-state index in [4.69, 9.17) is 10.5 Å². The number of carbonyl (C=O) groups excluding carboxylic acids is 2. The Morgan fingerprint density at radius 3 is 2.63 bits per heavy atom. The van der Waals surface area contributed by atoms with Gasteiger partial charge in [-0.1, -0.05) is 39.3 Å². The van der Waals surface area contributed by atoms with Crippen LogP contribution >= 0.6 is 11.3 Å². The molecule has 2 rings (SSSR count). The van der Waals surface area contributed by atoms with Crippen LogP contribution in [0.5, 0.6) is 0 Å². The molecular weight excluding hydrogens is 464 g/mol. The number of allylic oxidation sites excluding steroid dienone is 1. The Balaban J connectivity index is 2.33. The molecule has 0 saturated carbocycles. The zero-order valence-corrected chi connectivity index (χ0v) is 22.7. The molecular formula is C27H42N2O5S. The van der Waals surface area contributed by atoms with E-state index in [2.05, 4.69) is 18.0 Å². The molecule has 1 aromatic rings. The van der Waals surface area contributed by atoms with Crippen molar-refractivity contribution in [2.75, 3.05) is 0 Å². The van der Waals surface area contributed by atoms with Crippen LogP contribution in [0.25, 0.3) is 6.08 Å². The van der Waals surface area contributed by atoms with Crippen LogP contribution in [0.15, 0.2) is 22.6 Å². The van der Waals surface area contributed by atoms with Gasteiger partial charge in [-0.25, -0.2) is 4.98 Å². The predicted molar refractivity (Wildman–Crippen MR) is 140 cm³/mol. The lowest BCUT2D eigenvalue weighted by Gasteiger charge is -2.34. The summed E-state index contributed by atoms with van der Waals surface area (Å²) < 4.78 is 5.81. The highest BCUT2D eigenvalue weighted by Crippen LogP contribution is 2.32. The molecule has 0 unspecified atom stereocenters. The molecule has 35 heavy (non-hydrogen) atoms. The fourth-order valence-corrected chi connectivity index (χ4v) is 5.07. The second-order valence-corrected chi connectivity index (χ2v) is 11.4. The van der Waals surface area contributed by atoms with Gasteiger partial charge in [0.1, 0.15) is 16.9 Å². The summed E-state index contributed by atoms with van der Waals surface area (Å²) in [6.07, 6.45) is 4.15. The van der Waals surface area contributed by atoms with Crippen molar-refractivity contribution in [2.45, 2.75) is 98.5 Å². The number of thiazole rings is 1. The molecule has 1 aromatic heterocycles. The Bertz CT molecular complexity index is 936. The van der Waals surface area contributed by atoms with Crippen LogP contribution in [-0.4, -0.2) is 45.3 Å². The molecule has 1 aliphatic heterocycles. The van der Waals surface area contributed by atoms with Gasteiger partial charge in [-0.2, -0.15) is 0 Å². The number of aliphatic hydroxyl groups excluding tert-OH is 2. The van der Waals surface area contributed by atoms with Gasteiger partial charge in [-0.15, -0.1) is 11.3 Å². The lowest BCUT2D eigenvalue weighted by molar-refractivity contribution is -0.154. The molecule has 0 aromatic carbocycles. The smallest absolute Gasteiger partial charge is 0.309 e. The van der Waals surface area contributed by atoms with Crippen molar-refractivity contribution in [3.8, 4) is 0 Å². The van der Waals surface area contributed by atoms with Crippen molar-refractivity contribution in [2.24, 2.45) is 23.0 Å². The summed E-state index contributed by atoms with van der Waals surface area (Å²) in [7, 11) is 0. The minimum atomic E-state index is -1.23. The van der Waals surface area contributed by atoms with Gasteiger partial charge < -0.3 is 20.7 Å². The maximum absolute atomic E-state index is 13.2. The van der Waals surface area contributed by atoms with Crippen LogP contribution in [0.3, 0.4) is 0 Å². The number of cyclic esters (lactones) is 1. The Hall–Kier alpha value is -1.87. The fourth-order valence-electron chi connectivity index (χ4n) is 4.44. The maximum atomic E-state index is 13.2. The van der Waals surface area contributed by atoms with E-state index >= 15 is 0 Å². The van der Waals surface area contributed by atoms with E-state index in [9.17, 15) is 19.8 Å². The van der Waals surface area contributed by atoms with Crippen LogP contribution in [-0.2, 0) is 20.9 Å². The predicted octanol–water partition coefficient (Wildman–Crippen LogP) is 4.42. The van der Waals surface area contributed by atoms with Gasteiger partial charge in [0, 0.05) is 24.3 Å². The molecule has 0 spiro atoms. The molecule has 0 bridgehead atoms. The molecule has 7 nitrogen and oxygen atoms in total. The monoisotopic (exact) mass is 506 g/mol. The van der Waals surface area contributed by atoms with Gasteiger partial charge in [-0.05, 0) is 50.7 Å². The number of aromatic nitrogens is 1. The number of esters is 1. The van der Waals surface area contributed by atoms with Crippen molar-refractivity contribution in [1.82, 2.24) is 4.98 Å². The number of rotatable bonds is 3. The highest BCUT2D eigenvalue weighted by molar-refractivity contribution is 7.09. The molecule has 196 valence electrons. The number of carbonyl (C=O) groups is 2. The summed E-state index contributed by atoms with van der Waals surface area (Å²) >= 11 is 1.48. The average Bonchev–Trinajstić information content (AvgIpc) is 3.26. The van der Waals surface area contributed by atoms with Crippen LogP contribution in [0.2, 0.25) is 0 Å². The molecule has 0 saturated heterocycles. The van der Waals surface area contributed by atoms with E-state index in [0.717, 1.165) is 35.5 Å². The molecule has 8 heteroatoms. The van der Waals surface area contributed by atoms with Gasteiger partial charge in [0.25, 0.3) is 0 Å². The van der Waals surface area contributed by atoms with Gasteiger partial charge in [0.15, 0.2) is 0 Å². The van der Waals surface area contributed by atoms with Crippen molar-refractivity contribution in [1.29, 1.82) is 0 Å². The minimum absolute atomic E-state index is 0.0537. The van der Waals surface area contributed by atoms with Crippen molar-refractivity contribution < 1.29 is 24.5 Å². The number of aliphatic hydroxyl groups is 2. The number of hydrogen-bond acceptors (Lipinski definition) is 8. The summed E-state index contributed by atoms with van der Waals surface area (Å²) in [4.78, 5) is 30.5. The average molecular weight is 507 g/mol. The van der Waals surface area contributed by atoms with E-state index in [-0.39, 0.29) is 18.1 Å². The third-order valence-corrected chi connectivity index (χ3v) is 8.04. The normalized spacial score (nSPS) is 31.5. The van der Waals surface area contributed by atoms with E-state index < -0.39 is 35.6 Å². The quantitative estimate of drug-likeness (QED) is 0.410. The van der Waals surface area contributed by atoms with Gasteiger partial charge >= 0.3 is 5.97 Å². The van der Waals surface area contributed by atoms with Crippen LogP contribution in [0.1, 0.15) is 84.3 Å². The number of ether oxygens (including phenoxy) is 1. The van der Waals surface area contributed by atoms with E-state index in [1.807, 2.05) is 25.3 Å². The standard InChI is InChI=1S/C27H42N2O5S/c1-16-8-7-9-17(2)25(32)19(4)26(33)27(5,6)22(30)13-24(31)34-21(11-10-16)18(3)12-20-15-35-23(14-28)29-20/h10,12,15,17,19,21-22,25,30,32H,7-9,11,13-14,28H2,1-6H3/b16-10-,18-12+/t17-,19+,21-,22-,25-/m0/s1. The zero-order chi connectivity index (χ0) is 26.3. The first-order valence-electron chi connectivity index (χ1n) is 12.4. The second kappa shape index (κ2) is 12.9. The minimum Gasteiger partial charge on any atom is -0.457 e. The van der Waals surface area contributed by atoms with Crippen molar-refractivity contribution in [3.05, 3.63) is 33.3 Å². The second-order valence-electron chi connectivity index (χ2n) is 10.5. The van der Waals surface area contributed by atoms with Crippen molar-refractivity contribution in [3.63, 3.8) is 0 Å². The zero-order valence-electron chi connectivity index (χ0n) is 21.9. The van der Waals surface area contributed by atoms with E-state index in [1.165, 1.54) is 16.9 Å². The first-order chi connectivity index (χ1) is 16.4. The molecule has 1 aliphatic rings. The molecule has 0 radical (unpaired) electrons. The summed E-state index contributed by atoms with van der Waals surface area (Å²) in [5.74, 6) is -1.53. The molecule has 0 aliphatic carbocycles. The molecule has 0 amide bonds. The highest BCUT2D eigenvalue weighted by atomic mass is 32.1. The first kappa shape index (κ1) is 29.4. The SMILES string of the molecule is C/C1=C/C[C@@H](/C(C)=C/c2csc(CN)n2)OC(=O)C[C@H](O)C(C)(C)C(=O)[C@H](C)[C@@H](O)[C@@H](C)CCC1. The molecule has 2 heterocycles. The fraction of sp³-hybridized carbons (Fsp3) is 0.667. The third-order valence-electron chi connectivity index (χ3n) is 7.15. The number of Topliss-reactive ketones (excluding diaryl/α,β-unsaturated/α-hetero) is 1. The Labute approximate surface area is 213 Å². The maximum Gasteiger partial charge on any atom is 0.309 e. The number of hydrogen-bond donors (Lipinski definition) is 3. The van der Waals surface area contributed by atoms with E-state index in [1.54, 1.807) is 20.8 Å². The van der Waals surface area contributed by atoms with E-state index in [0.29, 0.717) is 13.0 Å². The Morgan fingerprint density at radius 2 is 2.00 bits per heavy atom. The first-order valence-corrected chi connectivity index (χ1v) is 13.3. The highest BCUT2D eigenvalue weighted by Gasteiger charge is 2.42. The van der Waals surface area contributed by atoms with Gasteiger partial charge in [0.05, 0.1) is 29.7 Å². The Morgan fingerprint density at radius 1 is 1.31 bits per heavy atom. The lowest BCUT2D eigenvalue weighted by Crippen LogP contribution is -2.45.